The summed E-state index contributed by atoms with van der Waals surface area (Å²) < 4.78 is 13.7. The van der Waals surface area contributed by atoms with E-state index in [1.54, 1.807) is 0 Å². The van der Waals surface area contributed by atoms with Crippen molar-refractivity contribution in [1.82, 2.24) is 15.2 Å². The van der Waals surface area contributed by atoms with Crippen LogP contribution >= 0.6 is 11.8 Å². The topological polar surface area (TPSA) is 84.7 Å². The van der Waals surface area contributed by atoms with Gasteiger partial charge >= 0.3 is 5.69 Å². The van der Waals surface area contributed by atoms with E-state index in [1.807, 2.05) is 0 Å². The maximum absolute atomic E-state index is 13.7. The summed E-state index contributed by atoms with van der Waals surface area (Å²) >= 11 is 1.22. The lowest BCUT2D eigenvalue weighted by Crippen LogP contribution is -1.96. The first kappa shape index (κ1) is 11.5. The van der Waals surface area contributed by atoms with E-state index in [0.717, 1.165) is 6.07 Å². The van der Waals surface area contributed by atoms with E-state index in [2.05, 4.69) is 15.2 Å². The predicted octanol–water partition coefficient (Wildman–Crippen LogP) is 2.14. The van der Waals surface area contributed by atoms with Crippen molar-refractivity contribution in [3.8, 4) is 0 Å². The summed E-state index contributed by atoms with van der Waals surface area (Å²) in [4.78, 5) is 13.7. The number of benzene rings is 1. The normalized spacial score (nSPS) is 10.4. The molecule has 8 heteroatoms. The Morgan fingerprint density at radius 1 is 1.53 bits per heavy atom. The second-order valence-electron chi connectivity index (χ2n) is 3.09. The molecule has 1 aromatic heterocycles. The molecule has 6 nitrogen and oxygen atoms in total. The summed E-state index contributed by atoms with van der Waals surface area (Å²) in [5.74, 6) is -0.549. The predicted molar refractivity (Wildman–Crippen MR) is 59.0 cm³/mol. The number of hydrogen-bond acceptors (Lipinski definition) is 5. The van der Waals surface area contributed by atoms with Gasteiger partial charge in [0.1, 0.15) is 6.33 Å². The van der Waals surface area contributed by atoms with Crippen LogP contribution in [0.25, 0.3) is 0 Å². The third-order valence-corrected chi connectivity index (χ3v) is 2.94. The summed E-state index contributed by atoms with van der Waals surface area (Å²) in [6.07, 6.45) is 1.34. The summed E-state index contributed by atoms with van der Waals surface area (Å²) in [5, 5.41) is 17.3. The number of nitro benzene ring substituents is 1. The quantitative estimate of drug-likeness (QED) is 0.513. The zero-order valence-electron chi connectivity index (χ0n) is 8.46. The molecule has 1 heterocycles. The Hall–Kier alpha value is -1.96. The first-order valence-corrected chi connectivity index (χ1v) is 5.57. The van der Waals surface area contributed by atoms with Crippen LogP contribution in [0.4, 0.5) is 10.1 Å². The number of hydrogen-bond donors (Lipinski definition) is 1. The molecule has 0 aliphatic heterocycles. The monoisotopic (exact) mass is 254 g/mol. The van der Waals surface area contributed by atoms with Crippen molar-refractivity contribution in [3.63, 3.8) is 0 Å². The molecule has 1 N–H and O–H groups in total. The Labute approximate surface area is 99.4 Å². The third kappa shape index (κ3) is 2.59. The van der Waals surface area contributed by atoms with E-state index in [0.29, 0.717) is 5.16 Å². The van der Waals surface area contributed by atoms with Crippen molar-refractivity contribution in [2.24, 2.45) is 0 Å². The Morgan fingerprint density at radius 2 is 2.35 bits per heavy atom. The van der Waals surface area contributed by atoms with Crippen LogP contribution in [0.1, 0.15) is 5.56 Å². The van der Waals surface area contributed by atoms with E-state index in [-0.39, 0.29) is 11.3 Å². The van der Waals surface area contributed by atoms with E-state index in [1.165, 1.54) is 30.2 Å². The highest BCUT2D eigenvalue weighted by Crippen LogP contribution is 2.25. The molecule has 0 aliphatic carbocycles. The van der Waals surface area contributed by atoms with Gasteiger partial charge in [0, 0.05) is 17.4 Å². The van der Waals surface area contributed by atoms with Gasteiger partial charge in [0.25, 0.3) is 0 Å². The van der Waals surface area contributed by atoms with Gasteiger partial charge in [-0.05, 0) is 0 Å². The van der Waals surface area contributed by atoms with Gasteiger partial charge < -0.3 is 0 Å². The summed E-state index contributed by atoms with van der Waals surface area (Å²) in [7, 11) is 0. The summed E-state index contributed by atoms with van der Waals surface area (Å²) in [6, 6.07) is 4.10. The average molecular weight is 254 g/mol. The number of nitrogens with zero attached hydrogens (tertiary/aromatic N) is 3. The number of H-pyrrole nitrogens is 1. The number of thioether (sulfide) groups is 1. The molecule has 17 heavy (non-hydrogen) atoms. The number of aromatic amines is 1. The zero-order chi connectivity index (χ0) is 12.3. The van der Waals surface area contributed by atoms with Crippen molar-refractivity contribution in [2.45, 2.75) is 10.9 Å². The van der Waals surface area contributed by atoms with Crippen molar-refractivity contribution >= 4 is 17.4 Å². The molecule has 2 aromatic rings. The van der Waals surface area contributed by atoms with E-state index >= 15 is 0 Å². The summed E-state index contributed by atoms with van der Waals surface area (Å²) in [5.41, 5.74) is -0.249. The van der Waals surface area contributed by atoms with Gasteiger partial charge in [-0.2, -0.15) is 9.49 Å². The fourth-order valence-electron chi connectivity index (χ4n) is 1.23. The van der Waals surface area contributed by atoms with Crippen LogP contribution in [0, 0.1) is 15.9 Å². The fraction of sp³-hybridized carbons (Fsp3) is 0.111. The maximum Gasteiger partial charge on any atom is 0.305 e. The highest BCUT2D eigenvalue weighted by molar-refractivity contribution is 7.98. The average Bonchev–Trinajstić information content (AvgIpc) is 2.80. The van der Waals surface area contributed by atoms with Crippen LogP contribution in [0.15, 0.2) is 29.7 Å². The van der Waals surface area contributed by atoms with Crippen LogP contribution in [0.3, 0.4) is 0 Å². The van der Waals surface area contributed by atoms with Gasteiger partial charge in [0.2, 0.25) is 5.82 Å². The van der Waals surface area contributed by atoms with Gasteiger partial charge in [0.15, 0.2) is 5.16 Å². The van der Waals surface area contributed by atoms with E-state index in [9.17, 15) is 14.5 Å². The molecule has 0 fully saturated rings. The van der Waals surface area contributed by atoms with Gasteiger partial charge in [0.05, 0.1) is 4.92 Å². The Morgan fingerprint density at radius 3 is 3.00 bits per heavy atom. The fourth-order valence-corrected chi connectivity index (χ4v) is 1.98. The van der Waals surface area contributed by atoms with Crippen molar-refractivity contribution in [1.29, 1.82) is 0 Å². The van der Waals surface area contributed by atoms with Gasteiger partial charge in [-0.15, -0.1) is 0 Å². The van der Waals surface area contributed by atoms with Crippen molar-refractivity contribution in [3.05, 3.63) is 46.0 Å². The minimum Gasteiger partial charge on any atom is -0.258 e. The molecule has 0 atom stereocenters. The Kier molecular flexibility index (Phi) is 3.33. The van der Waals surface area contributed by atoms with Gasteiger partial charge in [-0.25, -0.2) is 4.98 Å². The number of aromatic nitrogens is 3. The molecule has 2 rings (SSSR count). The SMILES string of the molecule is O=[N+]([O-])c1cccc(CSc2ncn[nH]2)c1F. The molecule has 0 saturated heterocycles. The van der Waals surface area contributed by atoms with E-state index in [4.69, 9.17) is 0 Å². The minimum atomic E-state index is -0.801. The molecular formula is C9H7FN4O2S. The lowest BCUT2D eigenvalue weighted by Gasteiger charge is -2.01. The molecule has 0 amide bonds. The lowest BCUT2D eigenvalue weighted by molar-refractivity contribution is -0.387. The van der Waals surface area contributed by atoms with Crippen molar-refractivity contribution in [2.75, 3.05) is 0 Å². The molecule has 0 unspecified atom stereocenters. The third-order valence-electron chi connectivity index (χ3n) is 2.01. The number of rotatable bonds is 4. The van der Waals surface area contributed by atoms with Crippen LogP contribution in [0.2, 0.25) is 0 Å². The second kappa shape index (κ2) is 4.91. The molecule has 0 spiro atoms. The first-order chi connectivity index (χ1) is 8.18. The smallest absolute Gasteiger partial charge is 0.258 e. The van der Waals surface area contributed by atoms with Crippen LogP contribution in [0.5, 0.6) is 0 Å². The first-order valence-electron chi connectivity index (χ1n) is 4.58. The molecule has 0 radical (unpaired) electrons. The second-order valence-corrected chi connectivity index (χ2v) is 4.05. The number of nitrogens with one attached hydrogen (secondary N) is 1. The summed E-state index contributed by atoms with van der Waals surface area (Å²) in [6.45, 7) is 0. The Balaban J connectivity index is 2.16. The molecular weight excluding hydrogens is 247 g/mol. The lowest BCUT2D eigenvalue weighted by atomic mass is 10.2. The highest BCUT2D eigenvalue weighted by atomic mass is 32.2. The standard InChI is InChI=1S/C9H7FN4O2S/c10-8-6(2-1-3-7(8)14(15)16)4-17-9-11-5-12-13-9/h1-3,5H,4H2,(H,11,12,13). The van der Waals surface area contributed by atoms with Crippen molar-refractivity contribution < 1.29 is 9.31 Å². The molecule has 1 aromatic carbocycles. The molecule has 0 saturated carbocycles. The highest BCUT2D eigenvalue weighted by Gasteiger charge is 2.17. The number of nitro groups is 1. The molecule has 0 aliphatic rings. The van der Waals surface area contributed by atoms with Gasteiger partial charge in [-0.3, -0.25) is 15.2 Å². The largest absolute Gasteiger partial charge is 0.305 e. The zero-order valence-corrected chi connectivity index (χ0v) is 9.28. The van der Waals surface area contributed by atoms with Crippen LogP contribution in [-0.4, -0.2) is 20.1 Å². The van der Waals surface area contributed by atoms with Gasteiger partial charge in [-0.1, -0.05) is 23.9 Å². The Bertz CT molecular complexity index is 532. The van der Waals surface area contributed by atoms with Crippen LogP contribution < -0.4 is 0 Å². The van der Waals surface area contributed by atoms with Crippen LogP contribution in [-0.2, 0) is 5.75 Å². The molecule has 88 valence electrons. The maximum atomic E-state index is 13.7. The van der Waals surface area contributed by atoms with E-state index < -0.39 is 16.4 Å². The minimum absolute atomic E-state index is 0.253. The number of halogens is 1. The molecule has 0 bridgehead atoms.